The minimum absolute atomic E-state index is 0.137. The van der Waals surface area contributed by atoms with Crippen LogP contribution in [0.5, 0.6) is 0 Å². The number of halogens is 3. The van der Waals surface area contributed by atoms with Gasteiger partial charge in [0.1, 0.15) is 6.04 Å². The van der Waals surface area contributed by atoms with Gasteiger partial charge in [0, 0.05) is 39.1 Å². The molecule has 0 saturated carbocycles. The van der Waals surface area contributed by atoms with Crippen molar-refractivity contribution in [2.24, 2.45) is 0 Å². The summed E-state index contributed by atoms with van der Waals surface area (Å²) in [5, 5.41) is 4.45. The Hall–Kier alpha value is -1.75. The summed E-state index contributed by atoms with van der Waals surface area (Å²) in [6.45, 7) is 7.53. The molecular weight excluding hydrogens is 443 g/mol. The minimum atomic E-state index is -0.699. The van der Waals surface area contributed by atoms with Crippen molar-refractivity contribution in [2.75, 3.05) is 0 Å². The van der Waals surface area contributed by atoms with Crippen LogP contribution in [0.15, 0.2) is 42.5 Å². The van der Waals surface area contributed by atoms with Crippen LogP contribution in [-0.4, -0.2) is 28.3 Å². The molecule has 0 aliphatic carbocycles. The lowest BCUT2D eigenvalue weighted by Crippen LogP contribution is -2.52. The molecule has 0 heterocycles. The Bertz CT molecular complexity index is 889. The van der Waals surface area contributed by atoms with Gasteiger partial charge >= 0.3 is 0 Å². The van der Waals surface area contributed by atoms with Crippen LogP contribution in [0, 0.1) is 0 Å². The molecule has 0 spiro atoms. The summed E-state index contributed by atoms with van der Waals surface area (Å²) in [6.07, 6.45) is 0.678. The van der Waals surface area contributed by atoms with E-state index in [-0.39, 0.29) is 24.8 Å². The first-order chi connectivity index (χ1) is 14.0. The van der Waals surface area contributed by atoms with E-state index in [4.69, 9.17) is 34.8 Å². The molecule has 7 heteroatoms. The Labute approximate surface area is 193 Å². The summed E-state index contributed by atoms with van der Waals surface area (Å²) in [6, 6.07) is 11.9. The predicted molar refractivity (Wildman–Crippen MR) is 124 cm³/mol. The summed E-state index contributed by atoms with van der Waals surface area (Å²) in [5.74, 6) is -0.417. The largest absolute Gasteiger partial charge is 0.350 e. The van der Waals surface area contributed by atoms with Crippen molar-refractivity contribution in [3.05, 3.63) is 68.7 Å². The third kappa shape index (κ3) is 6.90. The zero-order chi connectivity index (χ0) is 22.5. The number of carbonyl (C=O) groups is 2. The molecule has 0 aliphatic heterocycles. The van der Waals surface area contributed by atoms with E-state index >= 15 is 0 Å². The van der Waals surface area contributed by atoms with Crippen LogP contribution in [0.1, 0.15) is 45.2 Å². The highest BCUT2D eigenvalue weighted by Gasteiger charge is 2.29. The second kappa shape index (κ2) is 10.5. The molecule has 0 saturated heterocycles. The molecule has 2 aromatic carbocycles. The van der Waals surface area contributed by atoms with Gasteiger partial charge in [0.15, 0.2) is 0 Å². The minimum Gasteiger partial charge on any atom is -0.350 e. The van der Waals surface area contributed by atoms with Crippen molar-refractivity contribution in [1.29, 1.82) is 0 Å². The zero-order valence-corrected chi connectivity index (χ0v) is 19.9. The van der Waals surface area contributed by atoms with Crippen molar-refractivity contribution in [3.8, 4) is 0 Å². The maximum Gasteiger partial charge on any atom is 0.242 e. The second-order valence-electron chi connectivity index (χ2n) is 8.23. The van der Waals surface area contributed by atoms with Crippen molar-refractivity contribution < 1.29 is 9.59 Å². The van der Waals surface area contributed by atoms with Crippen LogP contribution in [-0.2, 0) is 22.6 Å². The number of benzene rings is 2. The summed E-state index contributed by atoms with van der Waals surface area (Å²) in [7, 11) is 0. The fourth-order valence-electron chi connectivity index (χ4n) is 3.00. The molecule has 4 nitrogen and oxygen atoms in total. The molecule has 2 amide bonds. The number of rotatable bonds is 7. The van der Waals surface area contributed by atoms with E-state index in [2.05, 4.69) is 5.32 Å². The van der Waals surface area contributed by atoms with Gasteiger partial charge in [-0.1, -0.05) is 59.1 Å². The molecule has 0 radical (unpaired) electrons. The molecule has 1 N–H and O–H groups in total. The number of aryl methyl sites for hydroxylation is 1. The standard InChI is InChI=1S/C23H27Cl3N2O2/c1-15(22(30)27-23(2,3)4)28(14-17-19(25)10-7-11-20(17)26)21(29)13-12-16-8-5-6-9-18(16)24/h5-11,15H,12-14H2,1-4H3,(H,27,30)/t15-/m1/s1. The Balaban J connectivity index is 2.26. The summed E-state index contributed by atoms with van der Waals surface area (Å²) in [4.78, 5) is 27.5. The lowest BCUT2D eigenvalue weighted by molar-refractivity contribution is -0.141. The lowest BCUT2D eigenvalue weighted by atomic mass is 10.1. The zero-order valence-electron chi connectivity index (χ0n) is 17.6. The summed E-state index contributed by atoms with van der Waals surface area (Å²) in [5.41, 5.74) is 1.08. The maximum absolute atomic E-state index is 13.2. The third-order valence-electron chi connectivity index (χ3n) is 4.62. The number of nitrogens with one attached hydrogen (secondary N) is 1. The third-order valence-corrected chi connectivity index (χ3v) is 5.70. The fourth-order valence-corrected chi connectivity index (χ4v) is 3.74. The van der Waals surface area contributed by atoms with E-state index in [0.717, 1.165) is 5.56 Å². The molecule has 0 fully saturated rings. The van der Waals surface area contributed by atoms with Crippen LogP contribution in [0.25, 0.3) is 0 Å². The summed E-state index contributed by atoms with van der Waals surface area (Å²) < 4.78 is 0. The molecule has 162 valence electrons. The monoisotopic (exact) mass is 468 g/mol. The molecule has 0 unspecified atom stereocenters. The second-order valence-corrected chi connectivity index (χ2v) is 9.45. The molecular formula is C23H27Cl3N2O2. The normalized spacial score (nSPS) is 12.4. The van der Waals surface area contributed by atoms with E-state index in [1.165, 1.54) is 4.90 Å². The Morgan fingerprint density at radius 3 is 2.10 bits per heavy atom. The van der Waals surface area contributed by atoms with Gasteiger partial charge in [-0.05, 0) is 57.9 Å². The quantitative estimate of drug-likeness (QED) is 0.548. The van der Waals surface area contributed by atoms with Gasteiger partial charge in [-0.25, -0.2) is 0 Å². The van der Waals surface area contributed by atoms with Gasteiger partial charge < -0.3 is 10.2 Å². The van der Waals surface area contributed by atoms with E-state index < -0.39 is 11.6 Å². The van der Waals surface area contributed by atoms with E-state index in [0.29, 0.717) is 27.1 Å². The molecule has 0 aromatic heterocycles. The van der Waals surface area contributed by atoms with Crippen LogP contribution < -0.4 is 5.32 Å². The summed E-state index contributed by atoms with van der Waals surface area (Å²) >= 11 is 18.9. The van der Waals surface area contributed by atoms with Crippen molar-refractivity contribution in [1.82, 2.24) is 10.2 Å². The molecule has 1 atom stereocenters. The number of hydrogen-bond acceptors (Lipinski definition) is 2. The van der Waals surface area contributed by atoms with Crippen molar-refractivity contribution >= 4 is 46.6 Å². The molecule has 0 bridgehead atoms. The molecule has 2 aromatic rings. The molecule has 30 heavy (non-hydrogen) atoms. The molecule has 2 rings (SSSR count). The Morgan fingerprint density at radius 1 is 0.967 bits per heavy atom. The first-order valence-corrected chi connectivity index (χ1v) is 10.9. The van der Waals surface area contributed by atoms with E-state index in [1.807, 2.05) is 39.0 Å². The van der Waals surface area contributed by atoms with Crippen LogP contribution in [0.4, 0.5) is 0 Å². The molecule has 0 aliphatic rings. The van der Waals surface area contributed by atoms with Gasteiger partial charge in [-0.3, -0.25) is 9.59 Å². The smallest absolute Gasteiger partial charge is 0.242 e. The predicted octanol–water partition coefficient (Wildman–Crippen LogP) is 5.91. The number of nitrogens with zero attached hydrogens (tertiary/aromatic N) is 1. The van der Waals surface area contributed by atoms with Crippen LogP contribution >= 0.6 is 34.8 Å². The number of carbonyl (C=O) groups excluding carboxylic acids is 2. The highest BCUT2D eigenvalue weighted by Crippen LogP contribution is 2.27. The van der Waals surface area contributed by atoms with Gasteiger partial charge in [-0.15, -0.1) is 0 Å². The van der Waals surface area contributed by atoms with Gasteiger partial charge in [-0.2, -0.15) is 0 Å². The number of amides is 2. The highest BCUT2D eigenvalue weighted by atomic mass is 35.5. The highest BCUT2D eigenvalue weighted by molar-refractivity contribution is 6.36. The fraction of sp³-hybridized carbons (Fsp3) is 0.391. The van der Waals surface area contributed by atoms with E-state index in [1.54, 1.807) is 31.2 Å². The Kier molecular flexibility index (Phi) is 8.60. The van der Waals surface area contributed by atoms with Gasteiger partial charge in [0.05, 0.1) is 0 Å². The number of hydrogen-bond donors (Lipinski definition) is 1. The maximum atomic E-state index is 13.2. The lowest BCUT2D eigenvalue weighted by Gasteiger charge is -2.32. The van der Waals surface area contributed by atoms with Crippen molar-refractivity contribution in [3.63, 3.8) is 0 Å². The van der Waals surface area contributed by atoms with Gasteiger partial charge in [0.25, 0.3) is 0 Å². The van der Waals surface area contributed by atoms with Gasteiger partial charge in [0.2, 0.25) is 11.8 Å². The van der Waals surface area contributed by atoms with Crippen LogP contribution in [0.3, 0.4) is 0 Å². The SMILES string of the molecule is C[C@H](C(=O)NC(C)(C)C)N(Cc1c(Cl)cccc1Cl)C(=O)CCc1ccccc1Cl. The van der Waals surface area contributed by atoms with Crippen molar-refractivity contribution in [2.45, 2.75) is 58.7 Å². The first kappa shape index (κ1) is 24.5. The topological polar surface area (TPSA) is 49.4 Å². The van der Waals surface area contributed by atoms with E-state index in [9.17, 15) is 9.59 Å². The average molecular weight is 470 g/mol. The average Bonchev–Trinajstić information content (AvgIpc) is 2.65. The Morgan fingerprint density at radius 2 is 1.53 bits per heavy atom. The first-order valence-electron chi connectivity index (χ1n) is 9.77. The van der Waals surface area contributed by atoms with Crippen LogP contribution in [0.2, 0.25) is 15.1 Å².